The van der Waals surface area contributed by atoms with Crippen molar-refractivity contribution in [2.24, 2.45) is 0 Å². The van der Waals surface area contributed by atoms with Crippen molar-refractivity contribution in [3.63, 3.8) is 0 Å². The Kier molecular flexibility index (Phi) is 6.52. The minimum absolute atomic E-state index is 0.0334. The molecule has 0 amide bonds. The van der Waals surface area contributed by atoms with Crippen LogP contribution in [0.2, 0.25) is 0 Å². The molecule has 0 aliphatic rings. The molecule has 0 saturated carbocycles. The summed E-state index contributed by atoms with van der Waals surface area (Å²) in [5.41, 5.74) is 5.86. The lowest BCUT2D eigenvalue weighted by atomic mass is 10.1. The van der Waals surface area contributed by atoms with Crippen molar-refractivity contribution >= 4 is 16.9 Å². The summed E-state index contributed by atoms with van der Waals surface area (Å²) < 4.78 is 13.7. The summed E-state index contributed by atoms with van der Waals surface area (Å²) in [4.78, 5) is 15.0. The lowest BCUT2D eigenvalue weighted by molar-refractivity contribution is 0.0527. The zero-order valence-electron chi connectivity index (χ0n) is 19.1. The SMILES string of the molecule is CCOC(=O)c1c(C)n(-c2ccc(C)cc2C)c2ccc(OC(C)CN(C)C)cc12. The van der Waals surface area contributed by atoms with Crippen LogP contribution in [0.4, 0.5) is 0 Å². The maximum Gasteiger partial charge on any atom is 0.340 e. The van der Waals surface area contributed by atoms with Crippen molar-refractivity contribution in [3.05, 3.63) is 58.8 Å². The molecule has 1 unspecified atom stereocenters. The van der Waals surface area contributed by atoms with Crippen LogP contribution in [0.5, 0.6) is 5.75 Å². The molecule has 160 valence electrons. The summed E-state index contributed by atoms with van der Waals surface area (Å²) in [6.45, 7) is 11.2. The molecule has 0 saturated heterocycles. The van der Waals surface area contributed by atoms with E-state index in [4.69, 9.17) is 9.47 Å². The first-order valence-corrected chi connectivity index (χ1v) is 10.4. The number of hydrogen-bond acceptors (Lipinski definition) is 4. The fourth-order valence-electron chi connectivity index (χ4n) is 4.08. The molecule has 0 spiro atoms. The highest BCUT2D eigenvalue weighted by Crippen LogP contribution is 2.34. The Labute approximate surface area is 179 Å². The number of carbonyl (C=O) groups is 1. The van der Waals surface area contributed by atoms with Gasteiger partial charge in [0.15, 0.2) is 0 Å². The number of benzene rings is 2. The molecule has 2 aromatic carbocycles. The minimum Gasteiger partial charge on any atom is -0.489 e. The van der Waals surface area contributed by atoms with E-state index in [1.807, 2.05) is 53.1 Å². The molecule has 0 bridgehead atoms. The van der Waals surface area contributed by atoms with Crippen LogP contribution in [-0.2, 0) is 4.74 Å². The molecule has 3 rings (SSSR count). The molecular weight excluding hydrogens is 376 g/mol. The van der Waals surface area contributed by atoms with Gasteiger partial charge in [0.25, 0.3) is 0 Å². The van der Waals surface area contributed by atoms with Gasteiger partial charge < -0.3 is 18.9 Å². The molecule has 0 N–H and O–H groups in total. The van der Waals surface area contributed by atoms with Gasteiger partial charge >= 0.3 is 5.97 Å². The summed E-state index contributed by atoms with van der Waals surface area (Å²) in [5, 5.41) is 0.848. The summed E-state index contributed by atoms with van der Waals surface area (Å²) in [6, 6.07) is 12.3. The van der Waals surface area contributed by atoms with E-state index in [1.165, 1.54) is 5.56 Å². The van der Waals surface area contributed by atoms with Gasteiger partial charge in [0.1, 0.15) is 11.9 Å². The first-order valence-electron chi connectivity index (χ1n) is 10.4. The topological polar surface area (TPSA) is 43.7 Å². The Morgan fingerprint density at radius 3 is 2.47 bits per heavy atom. The van der Waals surface area contributed by atoms with Crippen molar-refractivity contribution in [2.75, 3.05) is 27.2 Å². The average molecular weight is 409 g/mol. The van der Waals surface area contributed by atoms with E-state index in [9.17, 15) is 4.79 Å². The Balaban J connectivity index is 2.18. The standard InChI is InChI=1S/C25H32N2O3/c1-8-29-25(28)24-19(5)27(22-11-9-16(2)13-17(22)3)23-12-10-20(14-21(23)24)30-18(4)15-26(6)7/h9-14,18H,8,15H2,1-7H3. The molecule has 1 aromatic heterocycles. The number of nitrogens with zero attached hydrogens (tertiary/aromatic N) is 2. The van der Waals surface area contributed by atoms with E-state index < -0.39 is 0 Å². The summed E-state index contributed by atoms with van der Waals surface area (Å²) >= 11 is 0. The van der Waals surface area contributed by atoms with Crippen molar-refractivity contribution in [2.45, 2.75) is 40.7 Å². The predicted octanol–water partition coefficient (Wildman–Crippen LogP) is 5.06. The number of rotatable bonds is 7. The van der Waals surface area contributed by atoms with Gasteiger partial charge in [0.05, 0.1) is 17.7 Å². The van der Waals surface area contributed by atoms with Gasteiger partial charge in [-0.15, -0.1) is 0 Å². The molecule has 5 nitrogen and oxygen atoms in total. The normalized spacial score (nSPS) is 12.4. The van der Waals surface area contributed by atoms with Crippen molar-refractivity contribution in [3.8, 4) is 11.4 Å². The Bertz CT molecular complexity index is 1070. The van der Waals surface area contributed by atoms with E-state index in [0.717, 1.165) is 40.1 Å². The zero-order chi connectivity index (χ0) is 22.0. The van der Waals surface area contributed by atoms with Gasteiger partial charge in [-0.2, -0.15) is 0 Å². The smallest absolute Gasteiger partial charge is 0.340 e. The van der Waals surface area contributed by atoms with E-state index in [0.29, 0.717) is 12.2 Å². The van der Waals surface area contributed by atoms with Crippen LogP contribution in [0.3, 0.4) is 0 Å². The third kappa shape index (κ3) is 4.36. The molecule has 5 heteroatoms. The highest BCUT2D eigenvalue weighted by Gasteiger charge is 2.23. The largest absolute Gasteiger partial charge is 0.489 e. The Hall–Kier alpha value is -2.79. The van der Waals surface area contributed by atoms with Gasteiger partial charge in [-0.1, -0.05) is 17.7 Å². The van der Waals surface area contributed by atoms with Crippen LogP contribution >= 0.6 is 0 Å². The van der Waals surface area contributed by atoms with Crippen molar-refractivity contribution in [1.82, 2.24) is 9.47 Å². The maximum atomic E-state index is 12.9. The van der Waals surface area contributed by atoms with Gasteiger partial charge in [0.2, 0.25) is 0 Å². The molecule has 3 aromatic rings. The third-order valence-corrected chi connectivity index (χ3v) is 5.21. The van der Waals surface area contributed by atoms with Gasteiger partial charge in [0, 0.05) is 23.3 Å². The number of carbonyl (C=O) groups excluding carboxylic acids is 1. The van der Waals surface area contributed by atoms with E-state index >= 15 is 0 Å². The van der Waals surface area contributed by atoms with Crippen LogP contribution in [-0.4, -0.2) is 48.8 Å². The lowest BCUT2D eigenvalue weighted by Gasteiger charge is -2.19. The molecule has 0 aliphatic heterocycles. The Morgan fingerprint density at radius 2 is 1.83 bits per heavy atom. The molecular formula is C25H32N2O3. The van der Waals surface area contributed by atoms with Crippen LogP contribution in [0.25, 0.3) is 16.6 Å². The maximum absolute atomic E-state index is 12.9. The highest BCUT2D eigenvalue weighted by atomic mass is 16.5. The summed E-state index contributed by atoms with van der Waals surface area (Å²) in [6.07, 6.45) is 0.0334. The van der Waals surface area contributed by atoms with Crippen molar-refractivity contribution < 1.29 is 14.3 Å². The summed E-state index contributed by atoms with van der Waals surface area (Å²) in [7, 11) is 4.05. The fourth-order valence-corrected chi connectivity index (χ4v) is 4.08. The fraction of sp³-hybridized carbons (Fsp3) is 0.400. The second-order valence-corrected chi connectivity index (χ2v) is 8.18. The second-order valence-electron chi connectivity index (χ2n) is 8.18. The number of ether oxygens (including phenoxy) is 2. The number of likely N-dealkylation sites (N-methyl/N-ethyl adjacent to an activating group) is 1. The predicted molar refractivity (Wildman–Crippen MR) is 122 cm³/mol. The van der Waals surface area contributed by atoms with Crippen LogP contribution in [0.15, 0.2) is 36.4 Å². The molecule has 0 aliphatic carbocycles. The third-order valence-electron chi connectivity index (χ3n) is 5.21. The van der Waals surface area contributed by atoms with Gasteiger partial charge in [-0.05, 0) is 78.5 Å². The Morgan fingerprint density at radius 1 is 1.10 bits per heavy atom. The van der Waals surface area contributed by atoms with Crippen molar-refractivity contribution in [1.29, 1.82) is 0 Å². The zero-order valence-corrected chi connectivity index (χ0v) is 19.1. The summed E-state index contributed by atoms with van der Waals surface area (Å²) in [5.74, 6) is 0.446. The second kappa shape index (κ2) is 8.92. The van der Waals surface area contributed by atoms with E-state index in [-0.39, 0.29) is 12.1 Å². The molecule has 0 fully saturated rings. The van der Waals surface area contributed by atoms with Crippen LogP contribution in [0, 0.1) is 20.8 Å². The molecule has 30 heavy (non-hydrogen) atoms. The number of esters is 1. The average Bonchev–Trinajstić information content (AvgIpc) is 2.92. The number of aromatic nitrogens is 1. The highest BCUT2D eigenvalue weighted by molar-refractivity contribution is 6.07. The molecule has 1 atom stereocenters. The quantitative estimate of drug-likeness (QED) is 0.513. The first-order chi connectivity index (χ1) is 14.2. The monoisotopic (exact) mass is 408 g/mol. The molecule has 0 radical (unpaired) electrons. The molecule has 1 heterocycles. The van der Waals surface area contributed by atoms with E-state index in [2.05, 4.69) is 41.5 Å². The van der Waals surface area contributed by atoms with Gasteiger partial charge in [-0.3, -0.25) is 0 Å². The van der Waals surface area contributed by atoms with Crippen LogP contribution in [0.1, 0.15) is 41.0 Å². The number of fused-ring (bicyclic) bond motifs is 1. The minimum atomic E-state index is -0.304. The van der Waals surface area contributed by atoms with Crippen LogP contribution < -0.4 is 4.74 Å². The van der Waals surface area contributed by atoms with E-state index in [1.54, 1.807) is 0 Å². The van der Waals surface area contributed by atoms with Gasteiger partial charge in [-0.25, -0.2) is 4.79 Å². The number of hydrogen-bond donors (Lipinski definition) is 0. The first kappa shape index (κ1) is 21.9. The lowest BCUT2D eigenvalue weighted by Crippen LogP contribution is -2.27. The number of aryl methyl sites for hydroxylation is 2.